The van der Waals surface area contributed by atoms with Crippen LogP contribution in [0.5, 0.6) is 0 Å². The van der Waals surface area contributed by atoms with Crippen molar-refractivity contribution in [1.29, 1.82) is 0 Å². The van der Waals surface area contributed by atoms with Gasteiger partial charge in [0, 0.05) is 12.7 Å². The predicted molar refractivity (Wildman–Crippen MR) is 68.9 cm³/mol. The number of anilines is 1. The van der Waals surface area contributed by atoms with Crippen LogP contribution in [0.1, 0.15) is 23.9 Å². The van der Waals surface area contributed by atoms with Crippen molar-refractivity contribution in [2.75, 3.05) is 5.32 Å². The van der Waals surface area contributed by atoms with Crippen LogP contribution in [-0.4, -0.2) is 14.8 Å². The Labute approximate surface area is 102 Å². The summed E-state index contributed by atoms with van der Waals surface area (Å²) in [6, 6.07) is 6.38. The number of hydrogen-bond acceptors (Lipinski definition) is 3. The van der Waals surface area contributed by atoms with Crippen LogP contribution in [0.2, 0.25) is 0 Å². The number of nitrogens with one attached hydrogen (secondary N) is 1. The summed E-state index contributed by atoms with van der Waals surface area (Å²) in [4.78, 5) is 0. The zero-order valence-corrected chi connectivity index (χ0v) is 10.6. The Morgan fingerprint density at radius 2 is 2.18 bits per heavy atom. The van der Waals surface area contributed by atoms with Gasteiger partial charge in [-0.25, -0.2) is 0 Å². The highest BCUT2D eigenvalue weighted by Crippen LogP contribution is 2.21. The van der Waals surface area contributed by atoms with Crippen molar-refractivity contribution < 1.29 is 0 Å². The number of aryl methyl sites for hydroxylation is 3. The van der Waals surface area contributed by atoms with Gasteiger partial charge in [-0.05, 0) is 24.5 Å². The maximum Gasteiger partial charge on any atom is 0.151 e. The Kier molecular flexibility index (Phi) is 3.42. The van der Waals surface area contributed by atoms with Gasteiger partial charge in [0.15, 0.2) is 5.82 Å². The van der Waals surface area contributed by atoms with Gasteiger partial charge in [0.05, 0.1) is 6.54 Å². The van der Waals surface area contributed by atoms with E-state index in [4.69, 9.17) is 0 Å². The largest absolute Gasteiger partial charge is 0.377 e. The van der Waals surface area contributed by atoms with E-state index in [-0.39, 0.29) is 0 Å². The van der Waals surface area contributed by atoms with Gasteiger partial charge in [0.25, 0.3) is 0 Å². The fraction of sp³-hybridized carbons (Fsp3) is 0.385. The normalized spacial score (nSPS) is 10.5. The van der Waals surface area contributed by atoms with Gasteiger partial charge in [-0.3, -0.25) is 0 Å². The SMILES string of the molecule is CCc1cccc(C)c1NCc1nncn1C. The second kappa shape index (κ2) is 4.99. The van der Waals surface area contributed by atoms with Crippen molar-refractivity contribution >= 4 is 5.69 Å². The molecule has 0 atom stereocenters. The molecule has 0 saturated heterocycles. The molecule has 0 radical (unpaired) electrons. The number of para-hydroxylation sites is 1. The Morgan fingerprint density at radius 1 is 1.35 bits per heavy atom. The molecule has 0 aliphatic carbocycles. The zero-order valence-electron chi connectivity index (χ0n) is 10.6. The number of benzene rings is 1. The Bertz CT molecular complexity index is 502. The summed E-state index contributed by atoms with van der Waals surface area (Å²) in [5, 5.41) is 11.4. The van der Waals surface area contributed by atoms with E-state index in [9.17, 15) is 0 Å². The second-order valence-electron chi connectivity index (χ2n) is 4.17. The van der Waals surface area contributed by atoms with E-state index in [0.29, 0.717) is 6.54 Å². The third kappa shape index (κ3) is 2.46. The summed E-state index contributed by atoms with van der Waals surface area (Å²) in [7, 11) is 1.95. The van der Waals surface area contributed by atoms with E-state index in [1.807, 2.05) is 11.6 Å². The van der Waals surface area contributed by atoms with Crippen molar-refractivity contribution in [3.05, 3.63) is 41.5 Å². The maximum atomic E-state index is 4.07. The first-order valence-electron chi connectivity index (χ1n) is 5.87. The van der Waals surface area contributed by atoms with Gasteiger partial charge in [-0.2, -0.15) is 0 Å². The zero-order chi connectivity index (χ0) is 12.3. The monoisotopic (exact) mass is 230 g/mol. The first kappa shape index (κ1) is 11.6. The average Bonchev–Trinajstić information content (AvgIpc) is 2.73. The number of rotatable bonds is 4. The van der Waals surface area contributed by atoms with Crippen LogP contribution in [0.4, 0.5) is 5.69 Å². The second-order valence-corrected chi connectivity index (χ2v) is 4.17. The quantitative estimate of drug-likeness (QED) is 0.876. The van der Waals surface area contributed by atoms with Crippen LogP contribution in [0.25, 0.3) is 0 Å². The molecule has 4 heteroatoms. The lowest BCUT2D eigenvalue weighted by Gasteiger charge is -2.13. The lowest BCUT2D eigenvalue weighted by molar-refractivity contribution is 0.811. The highest BCUT2D eigenvalue weighted by Gasteiger charge is 2.05. The molecule has 0 bridgehead atoms. The first-order chi connectivity index (χ1) is 8.22. The summed E-state index contributed by atoms with van der Waals surface area (Å²) >= 11 is 0. The molecular formula is C13H18N4. The van der Waals surface area contributed by atoms with Crippen LogP contribution >= 0.6 is 0 Å². The molecule has 1 heterocycles. The molecule has 0 aliphatic rings. The topological polar surface area (TPSA) is 42.7 Å². The van der Waals surface area contributed by atoms with Gasteiger partial charge in [0.1, 0.15) is 6.33 Å². The molecule has 17 heavy (non-hydrogen) atoms. The highest BCUT2D eigenvalue weighted by atomic mass is 15.3. The smallest absolute Gasteiger partial charge is 0.151 e. The van der Waals surface area contributed by atoms with Gasteiger partial charge >= 0.3 is 0 Å². The molecule has 0 amide bonds. The van der Waals surface area contributed by atoms with E-state index >= 15 is 0 Å². The third-order valence-corrected chi connectivity index (χ3v) is 2.97. The Morgan fingerprint density at radius 3 is 2.82 bits per heavy atom. The van der Waals surface area contributed by atoms with Crippen molar-refractivity contribution in [3.63, 3.8) is 0 Å². The minimum absolute atomic E-state index is 0.703. The van der Waals surface area contributed by atoms with E-state index in [0.717, 1.165) is 12.2 Å². The van der Waals surface area contributed by atoms with Crippen molar-refractivity contribution in [3.8, 4) is 0 Å². The molecule has 0 saturated carbocycles. The predicted octanol–water partition coefficient (Wildman–Crippen LogP) is 2.30. The van der Waals surface area contributed by atoms with E-state index in [2.05, 4.69) is 47.6 Å². The van der Waals surface area contributed by atoms with Crippen molar-refractivity contribution in [2.24, 2.45) is 7.05 Å². The molecule has 0 fully saturated rings. The first-order valence-corrected chi connectivity index (χ1v) is 5.87. The molecular weight excluding hydrogens is 212 g/mol. The standard InChI is InChI=1S/C13H18N4/c1-4-11-7-5-6-10(2)13(11)14-8-12-16-15-9-17(12)3/h5-7,9,14H,4,8H2,1-3H3. The molecule has 1 N–H and O–H groups in total. The van der Waals surface area contributed by atoms with E-state index < -0.39 is 0 Å². The minimum Gasteiger partial charge on any atom is -0.377 e. The van der Waals surface area contributed by atoms with Gasteiger partial charge < -0.3 is 9.88 Å². The molecule has 2 rings (SSSR count). The summed E-state index contributed by atoms with van der Waals surface area (Å²) in [5.74, 6) is 0.940. The minimum atomic E-state index is 0.703. The lowest BCUT2D eigenvalue weighted by atomic mass is 10.1. The number of nitrogens with zero attached hydrogens (tertiary/aromatic N) is 3. The van der Waals surface area contributed by atoms with Crippen LogP contribution in [0, 0.1) is 6.92 Å². The lowest BCUT2D eigenvalue weighted by Crippen LogP contribution is -2.08. The molecule has 90 valence electrons. The molecule has 1 aromatic carbocycles. The van der Waals surface area contributed by atoms with Crippen molar-refractivity contribution in [1.82, 2.24) is 14.8 Å². The fourth-order valence-corrected chi connectivity index (χ4v) is 1.91. The highest BCUT2D eigenvalue weighted by molar-refractivity contribution is 5.57. The van der Waals surface area contributed by atoms with Crippen LogP contribution < -0.4 is 5.32 Å². The van der Waals surface area contributed by atoms with Crippen molar-refractivity contribution in [2.45, 2.75) is 26.8 Å². The maximum absolute atomic E-state index is 4.07. The summed E-state index contributed by atoms with van der Waals surface area (Å²) in [6.07, 6.45) is 2.75. The van der Waals surface area contributed by atoms with Crippen LogP contribution in [-0.2, 0) is 20.0 Å². The van der Waals surface area contributed by atoms with Gasteiger partial charge in [-0.1, -0.05) is 25.1 Å². The average molecular weight is 230 g/mol. The molecule has 4 nitrogen and oxygen atoms in total. The van der Waals surface area contributed by atoms with Crippen LogP contribution in [0.15, 0.2) is 24.5 Å². The number of aromatic nitrogens is 3. The van der Waals surface area contributed by atoms with E-state index in [1.54, 1.807) is 6.33 Å². The molecule has 0 spiro atoms. The molecule has 0 aliphatic heterocycles. The van der Waals surface area contributed by atoms with Crippen LogP contribution in [0.3, 0.4) is 0 Å². The fourth-order valence-electron chi connectivity index (χ4n) is 1.91. The Hall–Kier alpha value is -1.84. The number of hydrogen-bond donors (Lipinski definition) is 1. The van der Waals surface area contributed by atoms with E-state index in [1.165, 1.54) is 16.8 Å². The Balaban J connectivity index is 2.16. The molecule has 1 aromatic heterocycles. The van der Waals surface area contributed by atoms with Gasteiger partial charge in [0.2, 0.25) is 0 Å². The summed E-state index contributed by atoms with van der Waals surface area (Å²) in [5.41, 5.74) is 3.83. The third-order valence-electron chi connectivity index (χ3n) is 2.97. The summed E-state index contributed by atoms with van der Waals surface area (Å²) < 4.78 is 1.93. The van der Waals surface area contributed by atoms with Gasteiger partial charge in [-0.15, -0.1) is 10.2 Å². The molecule has 0 unspecified atom stereocenters. The summed E-state index contributed by atoms with van der Waals surface area (Å²) in [6.45, 7) is 4.99. The molecule has 2 aromatic rings.